The van der Waals surface area contributed by atoms with Crippen molar-refractivity contribution in [2.45, 2.75) is 32.8 Å². The number of fused-ring (bicyclic) bond motifs is 1. The molecule has 1 aliphatic carbocycles. The van der Waals surface area contributed by atoms with Gasteiger partial charge in [-0.3, -0.25) is 0 Å². The maximum Gasteiger partial charge on any atom is 0.185 e. The second-order valence-corrected chi connectivity index (χ2v) is 9.69. The number of thiazole rings is 1. The highest BCUT2D eigenvalue weighted by molar-refractivity contribution is 7.90. The van der Waals surface area contributed by atoms with Gasteiger partial charge in [0.05, 0.1) is 22.4 Å². The van der Waals surface area contributed by atoms with Crippen LogP contribution in [0.3, 0.4) is 0 Å². The third kappa shape index (κ3) is 3.71. The molecular weight excluding hydrogens is 296 g/mol. The summed E-state index contributed by atoms with van der Waals surface area (Å²) in [6.45, 7) is 4.68. The summed E-state index contributed by atoms with van der Waals surface area (Å²) in [5.41, 5.74) is 1.02. The van der Waals surface area contributed by atoms with Crippen LogP contribution >= 0.6 is 11.3 Å². The van der Waals surface area contributed by atoms with E-state index in [1.54, 1.807) is 0 Å². The molecule has 0 radical (unpaired) electrons. The number of hydrogen-bond donors (Lipinski definition) is 1. The minimum atomic E-state index is -2.97. The fourth-order valence-electron chi connectivity index (χ4n) is 2.44. The normalized spacial score (nSPS) is 21.6. The lowest BCUT2D eigenvalue weighted by Gasteiger charge is -2.31. The third-order valence-corrected chi connectivity index (χ3v) is 5.77. The quantitative estimate of drug-likeness (QED) is 0.913. The topological polar surface area (TPSA) is 70.5 Å². The van der Waals surface area contributed by atoms with Gasteiger partial charge in [-0.05, 0) is 18.3 Å². The number of anilines is 1. The molecule has 1 aromatic rings. The third-order valence-electron chi connectivity index (χ3n) is 3.53. The summed E-state index contributed by atoms with van der Waals surface area (Å²) in [6, 6.07) is 0. The predicted molar refractivity (Wildman–Crippen MR) is 82.2 cm³/mol. The zero-order valence-electron chi connectivity index (χ0n) is 12.4. The van der Waals surface area contributed by atoms with E-state index in [0.29, 0.717) is 6.54 Å². The van der Waals surface area contributed by atoms with Crippen molar-refractivity contribution in [3.63, 3.8) is 0 Å². The fourth-order valence-corrected chi connectivity index (χ4v) is 4.10. The van der Waals surface area contributed by atoms with Gasteiger partial charge in [-0.25, -0.2) is 13.4 Å². The maximum absolute atomic E-state index is 11.2. The van der Waals surface area contributed by atoms with Gasteiger partial charge in [0.15, 0.2) is 5.13 Å². The van der Waals surface area contributed by atoms with Crippen molar-refractivity contribution in [2.75, 3.05) is 30.5 Å². The van der Waals surface area contributed by atoms with Crippen molar-refractivity contribution in [3.8, 4) is 0 Å². The number of aromatic nitrogens is 1. The molecule has 5 nitrogen and oxygen atoms in total. The van der Waals surface area contributed by atoms with Crippen molar-refractivity contribution in [2.24, 2.45) is 5.41 Å². The Morgan fingerprint density at radius 2 is 2.15 bits per heavy atom. The first-order valence-corrected chi connectivity index (χ1v) is 9.52. The Morgan fingerprint density at radius 3 is 2.75 bits per heavy atom. The molecule has 0 saturated carbocycles. The summed E-state index contributed by atoms with van der Waals surface area (Å²) < 4.78 is 22.4. The van der Waals surface area contributed by atoms with Gasteiger partial charge in [-0.2, -0.15) is 0 Å². The molecule has 7 heteroatoms. The summed E-state index contributed by atoms with van der Waals surface area (Å²) in [5.74, 6) is 0.113. The second kappa shape index (κ2) is 5.27. The molecule has 0 bridgehead atoms. The SMILES string of the molecule is CN(CCS(C)(=O)=O)c1nc2c(s1)C(O)CC(C)(C)C2. The summed E-state index contributed by atoms with van der Waals surface area (Å²) >= 11 is 1.47. The van der Waals surface area contributed by atoms with Crippen LogP contribution in [0.5, 0.6) is 0 Å². The first-order chi connectivity index (χ1) is 9.07. The van der Waals surface area contributed by atoms with Gasteiger partial charge in [0.1, 0.15) is 9.84 Å². The van der Waals surface area contributed by atoms with Crippen molar-refractivity contribution in [3.05, 3.63) is 10.6 Å². The lowest BCUT2D eigenvalue weighted by molar-refractivity contribution is 0.102. The van der Waals surface area contributed by atoms with Crippen molar-refractivity contribution < 1.29 is 13.5 Å². The van der Waals surface area contributed by atoms with Crippen LogP contribution in [0, 0.1) is 5.41 Å². The van der Waals surface area contributed by atoms with Crippen molar-refractivity contribution >= 4 is 26.3 Å². The Labute approximate surface area is 124 Å². The van der Waals surface area contributed by atoms with Gasteiger partial charge < -0.3 is 10.0 Å². The molecule has 0 spiro atoms. The molecule has 1 heterocycles. The minimum absolute atomic E-state index is 0.0586. The Balaban J connectivity index is 2.16. The van der Waals surface area contributed by atoms with Gasteiger partial charge in [0, 0.05) is 19.8 Å². The van der Waals surface area contributed by atoms with Crippen LogP contribution in [0.25, 0.3) is 0 Å². The van der Waals surface area contributed by atoms with E-state index in [9.17, 15) is 13.5 Å². The molecule has 1 aliphatic rings. The average molecular weight is 318 g/mol. The molecule has 0 fully saturated rings. The number of hydrogen-bond acceptors (Lipinski definition) is 6. The van der Waals surface area contributed by atoms with Crippen LogP contribution in [0.15, 0.2) is 0 Å². The lowest BCUT2D eigenvalue weighted by atomic mass is 9.77. The largest absolute Gasteiger partial charge is 0.387 e. The van der Waals surface area contributed by atoms with Gasteiger partial charge in [-0.1, -0.05) is 25.2 Å². The summed E-state index contributed by atoms with van der Waals surface area (Å²) in [4.78, 5) is 7.37. The number of rotatable bonds is 4. The van der Waals surface area contributed by atoms with E-state index in [4.69, 9.17) is 0 Å². The van der Waals surface area contributed by atoms with Gasteiger partial charge >= 0.3 is 0 Å². The van der Waals surface area contributed by atoms with E-state index < -0.39 is 15.9 Å². The second-order valence-electron chi connectivity index (χ2n) is 6.42. The molecule has 114 valence electrons. The van der Waals surface area contributed by atoms with Gasteiger partial charge in [-0.15, -0.1) is 0 Å². The molecule has 0 saturated heterocycles. The van der Waals surface area contributed by atoms with Crippen LogP contribution in [-0.2, 0) is 16.3 Å². The zero-order chi connectivity index (χ0) is 15.1. The Bertz CT molecular complexity index is 593. The Kier molecular flexibility index (Phi) is 4.15. The van der Waals surface area contributed by atoms with Crippen molar-refractivity contribution in [1.82, 2.24) is 4.98 Å². The average Bonchev–Trinajstić information content (AvgIpc) is 2.67. The summed E-state index contributed by atoms with van der Waals surface area (Å²) in [6.07, 6.45) is 2.38. The molecule has 0 amide bonds. The molecule has 0 aromatic carbocycles. The van der Waals surface area contributed by atoms with Crippen LogP contribution in [0.2, 0.25) is 0 Å². The molecular formula is C13H22N2O3S2. The summed E-state index contributed by atoms with van der Waals surface area (Å²) in [5, 5.41) is 11.0. The lowest BCUT2D eigenvalue weighted by Crippen LogP contribution is -2.25. The molecule has 1 aromatic heterocycles. The fraction of sp³-hybridized carbons (Fsp3) is 0.769. The maximum atomic E-state index is 11.2. The van der Waals surface area contributed by atoms with Crippen LogP contribution in [0.1, 0.15) is 36.9 Å². The van der Waals surface area contributed by atoms with E-state index in [1.807, 2.05) is 11.9 Å². The van der Waals surface area contributed by atoms with E-state index in [2.05, 4.69) is 18.8 Å². The monoisotopic (exact) mass is 318 g/mol. The van der Waals surface area contributed by atoms with E-state index >= 15 is 0 Å². The van der Waals surface area contributed by atoms with Crippen molar-refractivity contribution in [1.29, 1.82) is 0 Å². The van der Waals surface area contributed by atoms with Crippen LogP contribution in [-0.4, -0.2) is 44.1 Å². The standard InChI is InChI=1S/C13H22N2O3S2/c1-13(2)7-9-11(10(16)8-13)19-12(14-9)15(3)5-6-20(4,17)18/h10,16H,5-8H2,1-4H3. The first kappa shape index (κ1) is 15.7. The molecule has 0 aliphatic heterocycles. The van der Waals surface area contributed by atoms with E-state index in [1.165, 1.54) is 17.6 Å². The summed E-state index contributed by atoms with van der Waals surface area (Å²) in [7, 11) is -1.13. The molecule has 1 atom stereocenters. The smallest absolute Gasteiger partial charge is 0.185 e. The van der Waals surface area contributed by atoms with Crippen LogP contribution in [0.4, 0.5) is 5.13 Å². The number of aliphatic hydroxyl groups is 1. The number of nitrogens with zero attached hydrogens (tertiary/aromatic N) is 2. The molecule has 20 heavy (non-hydrogen) atoms. The highest BCUT2D eigenvalue weighted by Crippen LogP contribution is 2.44. The van der Waals surface area contributed by atoms with Gasteiger partial charge in [0.2, 0.25) is 0 Å². The Morgan fingerprint density at radius 1 is 1.50 bits per heavy atom. The Hall–Kier alpha value is -0.660. The molecule has 1 unspecified atom stereocenters. The van der Waals surface area contributed by atoms with E-state index in [0.717, 1.165) is 28.5 Å². The van der Waals surface area contributed by atoms with E-state index in [-0.39, 0.29) is 11.2 Å². The predicted octanol–water partition coefficient (Wildman–Crippen LogP) is 1.63. The number of aliphatic hydroxyl groups excluding tert-OH is 1. The zero-order valence-corrected chi connectivity index (χ0v) is 14.0. The highest BCUT2D eigenvalue weighted by atomic mass is 32.2. The van der Waals surface area contributed by atoms with Gasteiger partial charge in [0.25, 0.3) is 0 Å². The molecule has 1 N–H and O–H groups in total. The molecule has 2 rings (SSSR count). The van der Waals surface area contributed by atoms with Crippen LogP contribution < -0.4 is 4.90 Å². The highest BCUT2D eigenvalue weighted by Gasteiger charge is 2.34. The minimum Gasteiger partial charge on any atom is -0.387 e. The first-order valence-electron chi connectivity index (χ1n) is 6.64. The number of sulfone groups is 1.